The number of hydrogen-bond donors (Lipinski definition) is 3. The lowest BCUT2D eigenvalue weighted by Gasteiger charge is -2.10. The van der Waals surface area contributed by atoms with Crippen LogP contribution in [0.2, 0.25) is 0 Å². The molecular formula is C23H26IN5O. The lowest BCUT2D eigenvalue weighted by atomic mass is 10.1. The van der Waals surface area contributed by atoms with Gasteiger partial charge in [0.2, 0.25) is 5.89 Å². The average molecular weight is 515 g/mol. The van der Waals surface area contributed by atoms with Gasteiger partial charge in [-0.25, -0.2) is 4.98 Å². The number of aryl methyl sites for hydroxylation is 1. The number of halogens is 1. The number of nitrogens with zero attached hydrogens (tertiary/aromatic N) is 2. The van der Waals surface area contributed by atoms with Gasteiger partial charge in [0.15, 0.2) is 5.96 Å². The number of aromatic amines is 1. The molecule has 30 heavy (non-hydrogen) atoms. The fraction of sp³-hybridized carbons (Fsp3) is 0.217. The van der Waals surface area contributed by atoms with Gasteiger partial charge >= 0.3 is 0 Å². The molecule has 0 atom stereocenters. The van der Waals surface area contributed by atoms with Crippen molar-refractivity contribution in [1.82, 2.24) is 20.6 Å². The molecule has 0 saturated heterocycles. The number of aliphatic imine (C=N–C) groups is 1. The van der Waals surface area contributed by atoms with Crippen LogP contribution in [0.4, 0.5) is 0 Å². The van der Waals surface area contributed by atoms with E-state index in [2.05, 4.69) is 56.9 Å². The quantitative estimate of drug-likeness (QED) is 0.198. The summed E-state index contributed by atoms with van der Waals surface area (Å²) in [4.78, 5) is 12.2. The number of fused-ring (bicyclic) bond motifs is 1. The van der Waals surface area contributed by atoms with Gasteiger partial charge in [0.05, 0.1) is 12.2 Å². The summed E-state index contributed by atoms with van der Waals surface area (Å²) in [5.74, 6) is 1.37. The van der Waals surface area contributed by atoms with Gasteiger partial charge in [-0.15, -0.1) is 24.0 Å². The van der Waals surface area contributed by atoms with E-state index in [1.165, 1.54) is 22.0 Å². The molecule has 3 N–H and O–H groups in total. The van der Waals surface area contributed by atoms with E-state index in [1.54, 1.807) is 13.3 Å². The normalized spacial score (nSPS) is 11.3. The first-order chi connectivity index (χ1) is 14.2. The molecule has 0 aliphatic heterocycles. The number of guanidine groups is 1. The molecule has 6 nitrogen and oxygen atoms in total. The number of H-pyrrole nitrogens is 1. The Hall–Kier alpha value is -2.81. The highest BCUT2D eigenvalue weighted by Gasteiger charge is 2.08. The largest absolute Gasteiger partial charge is 0.444 e. The number of aromatic nitrogens is 2. The number of benzene rings is 2. The summed E-state index contributed by atoms with van der Waals surface area (Å²) in [6.45, 7) is 3.44. The summed E-state index contributed by atoms with van der Waals surface area (Å²) in [6, 6.07) is 16.4. The monoisotopic (exact) mass is 515 g/mol. The minimum atomic E-state index is 0. The Morgan fingerprint density at radius 3 is 2.77 bits per heavy atom. The zero-order valence-corrected chi connectivity index (χ0v) is 19.4. The van der Waals surface area contributed by atoms with E-state index in [0.29, 0.717) is 12.4 Å². The van der Waals surface area contributed by atoms with Gasteiger partial charge < -0.3 is 20.0 Å². The molecule has 0 amide bonds. The van der Waals surface area contributed by atoms with Crippen LogP contribution in [0.15, 0.2) is 70.4 Å². The smallest absolute Gasteiger partial charge is 0.226 e. The molecule has 7 heteroatoms. The molecule has 0 radical (unpaired) electrons. The molecule has 0 fully saturated rings. The third kappa shape index (κ3) is 5.21. The van der Waals surface area contributed by atoms with Gasteiger partial charge in [0.25, 0.3) is 0 Å². The van der Waals surface area contributed by atoms with Crippen LogP contribution >= 0.6 is 24.0 Å². The second-order valence-electron chi connectivity index (χ2n) is 6.98. The van der Waals surface area contributed by atoms with E-state index in [1.807, 2.05) is 30.3 Å². The summed E-state index contributed by atoms with van der Waals surface area (Å²) in [5.41, 5.74) is 5.54. The van der Waals surface area contributed by atoms with Crippen molar-refractivity contribution in [2.24, 2.45) is 4.99 Å². The summed E-state index contributed by atoms with van der Waals surface area (Å²) in [6.07, 6.45) is 4.67. The summed E-state index contributed by atoms with van der Waals surface area (Å²) in [5, 5.41) is 7.92. The first-order valence-electron chi connectivity index (χ1n) is 9.74. The Morgan fingerprint density at radius 2 is 1.97 bits per heavy atom. The molecule has 2 aromatic carbocycles. The van der Waals surface area contributed by atoms with E-state index >= 15 is 0 Å². The van der Waals surface area contributed by atoms with Crippen molar-refractivity contribution in [2.45, 2.75) is 19.9 Å². The lowest BCUT2D eigenvalue weighted by molar-refractivity contribution is 0.572. The molecule has 0 saturated carbocycles. The van der Waals surface area contributed by atoms with Gasteiger partial charge in [-0.2, -0.15) is 0 Å². The topological polar surface area (TPSA) is 78.2 Å². The van der Waals surface area contributed by atoms with Gasteiger partial charge in [-0.3, -0.25) is 4.99 Å². The molecule has 4 aromatic rings. The maximum atomic E-state index is 5.58. The SMILES string of the molecule is CN=C(NCCc1c[nH]c2cc(C)ccc12)NCc1coc(-c2ccccc2)n1.I. The van der Waals surface area contributed by atoms with Crippen LogP contribution in [-0.2, 0) is 13.0 Å². The molecule has 156 valence electrons. The van der Waals surface area contributed by atoms with Crippen molar-refractivity contribution in [2.75, 3.05) is 13.6 Å². The van der Waals surface area contributed by atoms with E-state index in [4.69, 9.17) is 4.42 Å². The molecule has 4 rings (SSSR count). The second-order valence-corrected chi connectivity index (χ2v) is 6.98. The molecule has 2 heterocycles. The minimum absolute atomic E-state index is 0. The van der Waals surface area contributed by atoms with Gasteiger partial charge in [0.1, 0.15) is 6.26 Å². The van der Waals surface area contributed by atoms with E-state index < -0.39 is 0 Å². The fourth-order valence-corrected chi connectivity index (χ4v) is 3.32. The molecule has 0 spiro atoms. The van der Waals surface area contributed by atoms with Crippen molar-refractivity contribution < 1.29 is 4.42 Å². The molecule has 0 unspecified atom stereocenters. The number of rotatable bonds is 6. The van der Waals surface area contributed by atoms with E-state index in [9.17, 15) is 0 Å². The van der Waals surface area contributed by atoms with Crippen LogP contribution in [0.5, 0.6) is 0 Å². The molecule has 2 aromatic heterocycles. The molecule has 0 aliphatic carbocycles. The average Bonchev–Trinajstić information content (AvgIpc) is 3.38. The predicted molar refractivity (Wildman–Crippen MR) is 132 cm³/mol. The van der Waals surface area contributed by atoms with Crippen molar-refractivity contribution in [1.29, 1.82) is 0 Å². The molecule has 0 aliphatic rings. The van der Waals surface area contributed by atoms with Crippen LogP contribution in [0.25, 0.3) is 22.4 Å². The third-order valence-corrected chi connectivity index (χ3v) is 4.84. The molecular weight excluding hydrogens is 489 g/mol. The fourth-order valence-electron chi connectivity index (χ4n) is 3.32. The highest BCUT2D eigenvalue weighted by atomic mass is 127. The van der Waals surface area contributed by atoms with Gasteiger partial charge in [-0.05, 0) is 42.7 Å². The number of nitrogens with one attached hydrogen (secondary N) is 3. The zero-order valence-electron chi connectivity index (χ0n) is 17.1. The molecule has 0 bridgehead atoms. The minimum Gasteiger partial charge on any atom is -0.444 e. The standard InChI is InChI=1S/C23H25N5O.HI/c1-16-8-9-20-18(13-26-21(20)12-16)10-11-25-23(24-2)27-14-19-15-29-22(28-19)17-6-4-3-5-7-17;/h3-9,12-13,15,26H,10-11,14H2,1-2H3,(H2,24,25,27);1H. The Bertz CT molecular complexity index is 1120. The highest BCUT2D eigenvalue weighted by molar-refractivity contribution is 14.0. The Kier molecular flexibility index (Phi) is 7.51. The summed E-state index contributed by atoms with van der Waals surface area (Å²) in [7, 11) is 1.77. The maximum absolute atomic E-state index is 5.58. The van der Waals surface area contributed by atoms with E-state index in [0.717, 1.165) is 30.2 Å². The van der Waals surface area contributed by atoms with Crippen molar-refractivity contribution >= 4 is 40.8 Å². The number of oxazole rings is 1. The second kappa shape index (κ2) is 10.3. The van der Waals surface area contributed by atoms with Crippen LogP contribution < -0.4 is 10.6 Å². The first-order valence-corrected chi connectivity index (χ1v) is 9.74. The van der Waals surface area contributed by atoms with Gasteiger partial charge in [0, 0.05) is 36.3 Å². The lowest BCUT2D eigenvalue weighted by Crippen LogP contribution is -2.37. The first kappa shape index (κ1) is 21.9. The van der Waals surface area contributed by atoms with Crippen LogP contribution in [0.1, 0.15) is 16.8 Å². The van der Waals surface area contributed by atoms with Crippen molar-refractivity contribution in [3.05, 3.63) is 77.8 Å². The van der Waals surface area contributed by atoms with Crippen LogP contribution in [-0.4, -0.2) is 29.5 Å². The van der Waals surface area contributed by atoms with Crippen LogP contribution in [0, 0.1) is 6.92 Å². The Morgan fingerprint density at radius 1 is 1.13 bits per heavy atom. The highest BCUT2D eigenvalue weighted by Crippen LogP contribution is 2.20. The summed E-state index contributed by atoms with van der Waals surface area (Å²) < 4.78 is 5.58. The van der Waals surface area contributed by atoms with Crippen LogP contribution in [0.3, 0.4) is 0 Å². The van der Waals surface area contributed by atoms with Gasteiger partial charge in [-0.1, -0.05) is 30.3 Å². The zero-order chi connectivity index (χ0) is 20.1. The van der Waals surface area contributed by atoms with E-state index in [-0.39, 0.29) is 24.0 Å². The third-order valence-electron chi connectivity index (χ3n) is 4.84. The summed E-state index contributed by atoms with van der Waals surface area (Å²) >= 11 is 0. The maximum Gasteiger partial charge on any atom is 0.226 e. The van der Waals surface area contributed by atoms with Crippen molar-refractivity contribution in [3.63, 3.8) is 0 Å². The Labute approximate surface area is 193 Å². The number of hydrogen-bond acceptors (Lipinski definition) is 3. The predicted octanol–water partition coefficient (Wildman–Crippen LogP) is 4.66. The Balaban J connectivity index is 0.00000256. The van der Waals surface area contributed by atoms with Crippen molar-refractivity contribution in [3.8, 4) is 11.5 Å².